The summed E-state index contributed by atoms with van der Waals surface area (Å²) in [6, 6.07) is 0. The van der Waals surface area contributed by atoms with E-state index >= 15 is 0 Å². The van der Waals surface area contributed by atoms with E-state index in [0.717, 1.165) is 41.0 Å². The average molecular weight is 496 g/mol. The molecular formula is C18H33O4S2Sn. The predicted octanol–water partition coefficient (Wildman–Crippen LogP) is 4.38. The largest absolute Gasteiger partial charge is 0.615 e. The van der Waals surface area contributed by atoms with E-state index in [1.54, 1.807) is 13.8 Å². The molecule has 0 rings (SSSR count). The zero-order valence-electron chi connectivity index (χ0n) is 15.8. The monoisotopic (exact) mass is 497 g/mol. The van der Waals surface area contributed by atoms with Crippen LogP contribution < -0.4 is 0 Å². The first-order valence-electron chi connectivity index (χ1n) is 9.03. The van der Waals surface area contributed by atoms with Crippen LogP contribution in [-0.4, -0.2) is 44.4 Å². The Hall–Kier alpha value is 0.309. The Morgan fingerprint density at radius 1 is 1.00 bits per heavy atom. The van der Waals surface area contributed by atoms with Gasteiger partial charge in [-0.1, -0.05) is 32.6 Å². The molecule has 0 aromatic carbocycles. The predicted molar refractivity (Wildman–Crippen MR) is 110 cm³/mol. The molecule has 0 aliphatic rings. The maximum atomic E-state index is 11.2. The van der Waals surface area contributed by atoms with Crippen molar-refractivity contribution in [3.8, 4) is 0 Å². The second-order valence-electron chi connectivity index (χ2n) is 6.11. The van der Waals surface area contributed by atoms with E-state index in [1.807, 2.05) is 0 Å². The Bertz CT molecular complexity index is 349. The molecule has 0 saturated heterocycles. The van der Waals surface area contributed by atoms with Crippen LogP contribution >= 0.6 is 12.6 Å². The van der Waals surface area contributed by atoms with E-state index in [2.05, 4.69) is 36.6 Å². The Labute approximate surface area is 174 Å². The number of unbranched alkanes of at least 4 members (excludes halogenated alkanes) is 3. The van der Waals surface area contributed by atoms with Crippen LogP contribution in [0.5, 0.6) is 0 Å². The van der Waals surface area contributed by atoms with Crippen LogP contribution in [0.15, 0.2) is 0 Å². The molecule has 0 aliphatic carbocycles. The third kappa shape index (κ3) is 22.3. The molecule has 1 atom stereocenters. The summed E-state index contributed by atoms with van der Waals surface area (Å²) in [6.45, 7) is 5.43. The maximum Gasteiger partial charge on any atom is 0.286 e. The zero-order valence-corrected chi connectivity index (χ0v) is 20.4. The van der Waals surface area contributed by atoms with Crippen LogP contribution in [0.4, 0.5) is 0 Å². The van der Waals surface area contributed by atoms with E-state index in [1.165, 1.54) is 19.3 Å². The number of carbonyl (C=O) groups is 3. The standard InChI is InChI=1S/C10H20O2S2.2C4H7O.Sn/c1-2-3-4-5-6-9(7-8-13)10(11)12-14;2*1-3-4(2)5;/h9,13-14H,2-8H2,1H3;2*1,3H2,2H3;/q;;;+1/p-1. The quantitative estimate of drug-likeness (QED) is 0.167. The third-order valence-corrected chi connectivity index (χ3v) is 7.47. The smallest absolute Gasteiger partial charge is 0.286 e. The van der Waals surface area contributed by atoms with Gasteiger partial charge in [0.05, 0.1) is 5.92 Å². The summed E-state index contributed by atoms with van der Waals surface area (Å²) in [5, 5.41) is 0. The first-order valence-corrected chi connectivity index (χ1v) is 14.0. The molecule has 4 nitrogen and oxygen atoms in total. The van der Waals surface area contributed by atoms with Crippen molar-refractivity contribution in [1.82, 2.24) is 0 Å². The van der Waals surface area contributed by atoms with Crippen LogP contribution in [0, 0.1) is 5.92 Å². The number of carbonyl (C=O) groups excluding carboxylic acids is 3. The van der Waals surface area contributed by atoms with Crippen molar-refractivity contribution in [1.29, 1.82) is 0 Å². The van der Waals surface area contributed by atoms with Crippen LogP contribution in [0.1, 0.15) is 72.1 Å². The van der Waals surface area contributed by atoms with Gasteiger partial charge in [0.15, 0.2) is 0 Å². The summed E-state index contributed by atoms with van der Waals surface area (Å²) >= 11 is 8.04. The van der Waals surface area contributed by atoms with Gasteiger partial charge in [-0.15, -0.1) is 0 Å². The summed E-state index contributed by atoms with van der Waals surface area (Å²) in [5.41, 5.74) is 0. The number of Topliss-reactive ketones (excluding diaryl/α,β-unsaturated/α-hetero) is 2. The van der Waals surface area contributed by atoms with Crippen molar-refractivity contribution in [2.24, 2.45) is 5.92 Å². The van der Waals surface area contributed by atoms with Gasteiger partial charge in [-0.2, -0.15) is 12.6 Å². The van der Waals surface area contributed by atoms with Crippen LogP contribution in [0.2, 0.25) is 8.87 Å². The zero-order chi connectivity index (χ0) is 19.5. The second-order valence-corrected chi connectivity index (χ2v) is 11.0. The Morgan fingerprint density at radius 2 is 1.56 bits per heavy atom. The molecule has 0 saturated carbocycles. The molecule has 7 heteroatoms. The number of ketones is 2. The molecule has 1 radical (unpaired) electrons. The summed E-state index contributed by atoms with van der Waals surface area (Å²) < 4.78 is 6.54. The van der Waals surface area contributed by atoms with Gasteiger partial charge >= 0.3 is 77.9 Å². The first kappa shape index (κ1) is 27.5. The molecule has 0 N–H and O–H groups in total. The number of hydrogen-bond acceptors (Lipinski definition) is 6. The summed E-state index contributed by atoms with van der Waals surface area (Å²) in [6.07, 6.45) is 7.84. The molecule has 0 aromatic rings. The molecule has 0 spiro atoms. The molecule has 0 amide bonds. The van der Waals surface area contributed by atoms with Gasteiger partial charge in [0.1, 0.15) is 0 Å². The Morgan fingerprint density at radius 3 is 1.96 bits per heavy atom. The fourth-order valence-electron chi connectivity index (χ4n) is 2.08. The molecule has 0 bridgehead atoms. The SMILES string of the molecule is CC(=O)C[CH2][Sn+][CH2]CC(C)=O.CCCCCCC(CCS)C(=O)O[S-]. The first-order chi connectivity index (χ1) is 11.9. The minimum Gasteiger partial charge on any atom is -0.615 e. The average Bonchev–Trinajstić information content (AvgIpc) is 2.56. The van der Waals surface area contributed by atoms with Gasteiger partial charge in [0.25, 0.3) is 5.97 Å². The summed E-state index contributed by atoms with van der Waals surface area (Å²) in [4.78, 5) is 32.2. The third-order valence-electron chi connectivity index (χ3n) is 3.61. The number of rotatable bonds is 14. The Kier molecular flexibility index (Phi) is 22.7. The van der Waals surface area contributed by atoms with Gasteiger partial charge in [0.2, 0.25) is 0 Å². The van der Waals surface area contributed by atoms with Crippen LogP contribution in [0.25, 0.3) is 0 Å². The summed E-state index contributed by atoms with van der Waals surface area (Å²) in [5.74, 6) is 0.984. The van der Waals surface area contributed by atoms with Gasteiger partial charge in [-0.25, -0.2) is 0 Å². The van der Waals surface area contributed by atoms with Crippen LogP contribution in [0.3, 0.4) is 0 Å². The minimum absolute atomic E-state index is 0.0399. The van der Waals surface area contributed by atoms with Crippen molar-refractivity contribution in [3.05, 3.63) is 0 Å². The van der Waals surface area contributed by atoms with Crippen LogP contribution in [-0.2, 0) is 31.5 Å². The molecule has 0 fully saturated rings. The van der Waals surface area contributed by atoms with Gasteiger partial charge in [-0.05, 0) is 18.6 Å². The molecular weight excluding hydrogens is 463 g/mol. The molecule has 25 heavy (non-hydrogen) atoms. The van der Waals surface area contributed by atoms with Gasteiger partial charge < -0.3 is 17.1 Å². The van der Waals surface area contributed by atoms with Gasteiger partial charge in [-0.3, -0.25) is 4.79 Å². The molecule has 0 aliphatic heterocycles. The minimum atomic E-state index is -0.366. The van der Waals surface area contributed by atoms with E-state index in [-0.39, 0.29) is 44.6 Å². The van der Waals surface area contributed by atoms with Crippen molar-refractivity contribution in [2.75, 3.05) is 5.75 Å². The van der Waals surface area contributed by atoms with Crippen molar-refractivity contribution in [3.63, 3.8) is 0 Å². The van der Waals surface area contributed by atoms with E-state index in [4.69, 9.17) is 0 Å². The molecule has 0 heterocycles. The summed E-state index contributed by atoms with van der Waals surface area (Å²) in [7, 11) is 0. The van der Waals surface area contributed by atoms with E-state index in [0.29, 0.717) is 5.75 Å². The van der Waals surface area contributed by atoms with Crippen molar-refractivity contribution >= 4 is 64.2 Å². The van der Waals surface area contributed by atoms with Gasteiger partial charge in [0, 0.05) is 0 Å². The fraction of sp³-hybridized carbons (Fsp3) is 0.833. The topological polar surface area (TPSA) is 60.4 Å². The molecule has 145 valence electrons. The normalized spacial score (nSPS) is 11.1. The molecule has 0 aromatic heterocycles. The van der Waals surface area contributed by atoms with Crippen molar-refractivity contribution in [2.45, 2.75) is 81.0 Å². The Balaban J connectivity index is 0. The fourth-order valence-corrected chi connectivity index (χ4v) is 6.26. The van der Waals surface area contributed by atoms with E-state index < -0.39 is 0 Å². The number of thiol groups is 1. The maximum absolute atomic E-state index is 11.2. The molecule has 1 unspecified atom stereocenters. The second kappa shape index (κ2) is 20.6. The number of hydrogen-bond donors (Lipinski definition) is 1. The van der Waals surface area contributed by atoms with E-state index in [9.17, 15) is 14.4 Å². The van der Waals surface area contributed by atoms with Crippen molar-refractivity contribution < 1.29 is 18.6 Å².